The van der Waals surface area contributed by atoms with Gasteiger partial charge in [0.1, 0.15) is 5.69 Å². The topological polar surface area (TPSA) is 65.5 Å². The normalized spacial score (nSPS) is 29.9. The molecular weight excluding hydrogens is 254 g/mol. The van der Waals surface area contributed by atoms with E-state index in [0.717, 1.165) is 18.5 Å². The van der Waals surface area contributed by atoms with Gasteiger partial charge in [-0.25, -0.2) is 9.78 Å². The zero-order chi connectivity index (χ0) is 14.1. The minimum atomic E-state index is -0.981. The van der Waals surface area contributed by atoms with Crippen molar-refractivity contribution in [3.05, 3.63) is 24.0 Å². The van der Waals surface area contributed by atoms with Gasteiger partial charge in [-0.05, 0) is 44.9 Å². The van der Waals surface area contributed by atoms with Crippen LogP contribution in [0.4, 0.5) is 5.69 Å². The molecule has 0 radical (unpaired) electrons. The zero-order valence-electron chi connectivity index (χ0n) is 11.7. The monoisotopic (exact) mass is 275 g/mol. The maximum absolute atomic E-state index is 10.8. The number of nitrogens with zero attached hydrogens (tertiary/aromatic N) is 2. The SMILES string of the molecule is CN1C2CCCC1CC(Nc1ccc(C(=O)O)nc1)C2. The molecule has 2 aliphatic rings. The molecule has 108 valence electrons. The van der Waals surface area contributed by atoms with Crippen LogP contribution in [0.1, 0.15) is 42.6 Å². The third-order valence-corrected chi connectivity index (χ3v) is 4.69. The van der Waals surface area contributed by atoms with Crippen molar-refractivity contribution < 1.29 is 9.90 Å². The van der Waals surface area contributed by atoms with Crippen molar-refractivity contribution in [2.24, 2.45) is 0 Å². The molecule has 2 saturated heterocycles. The maximum Gasteiger partial charge on any atom is 0.354 e. The average molecular weight is 275 g/mol. The highest BCUT2D eigenvalue weighted by Gasteiger charge is 2.35. The predicted molar refractivity (Wildman–Crippen MR) is 77.0 cm³/mol. The second kappa shape index (κ2) is 5.40. The Labute approximate surface area is 119 Å². The molecule has 2 unspecified atom stereocenters. The van der Waals surface area contributed by atoms with Gasteiger partial charge in [-0.15, -0.1) is 0 Å². The second-order valence-corrected chi connectivity index (χ2v) is 5.95. The third kappa shape index (κ3) is 2.63. The van der Waals surface area contributed by atoms with E-state index in [1.54, 1.807) is 12.3 Å². The minimum absolute atomic E-state index is 0.0933. The molecule has 0 aromatic carbocycles. The molecule has 3 heterocycles. The zero-order valence-corrected chi connectivity index (χ0v) is 11.7. The summed E-state index contributed by atoms with van der Waals surface area (Å²) >= 11 is 0. The Balaban J connectivity index is 1.65. The first-order chi connectivity index (χ1) is 9.63. The summed E-state index contributed by atoms with van der Waals surface area (Å²) in [6.07, 6.45) is 7.88. The minimum Gasteiger partial charge on any atom is -0.477 e. The van der Waals surface area contributed by atoms with Gasteiger partial charge in [-0.2, -0.15) is 0 Å². The first-order valence-corrected chi connectivity index (χ1v) is 7.31. The number of fused-ring (bicyclic) bond motifs is 2. The van der Waals surface area contributed by atoms with E-state index in [0.29, 0.717) is 18.1 Å². The fraction of sp³-hybridized carbons (Fsp3) is 0.600. The quantitative estimate of drug-likeness (QED) is 0.885. The number of carboxylic acids is 1. The molecule has 2 N–H and O–H groups in total. The van der Waals surface area contributed by atoms with Crippen molar-refractivity contribution in [2.75, 3.05) is 12.4 Å². The highest BCUT2D eigenvalue weighted by atomic mass is 16.4. The lowest BCUT2D eigenvalue weighted by Gasteiger charge is -2.47. The number of pyridine rings is 1. The van der Waals surface area contributed by atoms with E-state index in [4.69, 9.17) is 5.11 Å². The van der Waals surface area contributed by atoms with Gasteiger partial charge in [0.25, 0.3) is 0 Å². The van der Waals surface area contributed by atoms with Gasteiger partial charge in [0.2, 0.25) is 0 Å². The molecule has 0 amide bonds. The number of carboxylic acid groups (broad SMARTS) is 1. The van der Waals surface area contributed by atoms with Crippen LogP contribution in [-0.2, 0) is 0 Å². The molecule has 20 heavy (non-hydrogen) atoms. The first-order valence-electron chi connectivity index (χ1n) is 7.31. The van der Waals surface area contributed by atoms with E-state index in [1.165, 1.54) is 19.3 Å². The van der Waals surface area contributed by atoms with Gasteiger partial charge in [-0.1, -0.05) is 6.42 Å². The third-order valence-electron chi connectivity index (χ3n) is 4.69. The Hall–Kier alpha value is -1.62. The maximum atomic E-state index is 10.8. The van der Waals surface area contributed by atoms with Crippen molar-refractivity contribution in [2.45, 2.75) is 50.2 Å². The molecule has 2 bridgehead atoms. The number of piperidine rings is 2. The van der Waals surface area contributed by atoms with Crippen LogP contribution < -0.4 is 5.32 Å². The van der Waals surface area contributed by atoms with Crippen molar-refractivity contribution in [3.8, 4) is 0 Å². The Kier molecular flexibility index (Phi) is 3.61. The van der Waals surface area contributed by atoms with Crippen molar-refractivity contribution in [1.82, 2.24) is 9.88 Å². The summed E-state index contributed by atoms with van der Waals surface area (Å²) in [4.78, 5) is 17.3. The highest BCUT2D eigenvalue weighted by Crippen LogP contribution is 2.33. The number of hydrogen-bond donors (Lipinski definition) is 2. The lowest BCUT2D eigenvalue weighted by Crippen LogP contribution is -2.52. The summed E-state index contributed by atoms with van der Waals surface area (Å²) in [6.45, 7) is 0. The molecule has 5 heteroatoms. The number of aromatic nitrogens is 1. The number of carbonyl (C=O) groups is 1. The second-order valence-electron chi connectivity index (χ2n) is 5.95. The molecule has 2 aliphatic heterocycles. The molecule has 2 fully saturated rings. The lowest BCUT2D eigenvalue weighted by molar-refractivity contribution is 0.0608. The summed E-state index contributed by atoms with van der Waals surface area (Å²) in [6, 6.07) is 5.21. The number of anilines is 1. The van der Waals surface area contributed by atoms with E-state index in [9.17, 15) is 4.79 Å². The van der Waals surface area contributed by atoms with Gasteiger partial charge in [0, 0.05) is 18.1 Å². The van der Waals surface area contributed by atoms with Crippen LogP contribution >= 0.6 is 0 Å². The smallest absolute Gasteiger partial charge is 0.354 e. The molecule has 2 atom stereocenters. The summed E-state index contributed by atoms with van der Waals surface area (Å²) in [5, 5.41) is 12.4. The van der Waals surface area contributed by atoms with Gasteiger partial charge in [-0.3, -0.25) is 0 Å². The number of hydrogen-bond acceptors (Lipinski definition) is 4. The predicted octanol–water partition coefficient (Wildman–Crippen LogP) is 2.21. The van der Waals surface area contributed by atoms with E-state index >= 15 is 0 Å². The van der Waals surface area contributed by atoms with Crippen LogP contribution in [0.25, 0.3) is 0 Å². The fourth-order valence-corrected chi connectivity index (χ4v) is 3.58. The van der Waals surface area contributed by atoms with E-state index in [2.05, 4.69) is 22.2 Å². The largest absolute Gasteiger partial charge is 0.477 e. The molecule has 1 aromatic heterocycles. The molecule has 3 rings (SSSR count). The van der Waals surface area contributed by atoms with Gasteiger partial charge < -0.3 is 15.3 Å². The summed E-state index contributed by atoms with van der Waals surface area (Å²) < 4.78 is 0. The number of rotatable bonds is 3. The van der Waals surface area contributed by atoms with Crippen LogP contribution in [0.2, 0.25) is 0 Å². The Morgan fingerprint density at radius 3 is 2.60 bits per heavy atom. The fourth-order valence-electron chi connectivity index (χ4n) is 3.58. The summed E-state index contributed by atoms with van der Waals surface area (Å²) in [5.74, 6) is -0.981. The average Bonchev–Trinajstić information content (AvgIpc) is 2.40. The standard InChI is InChI=1S/C15H21N3O2/c1-18-12-3-2-4-13(18)8-11(7-12)17-10-5-6-14(15(19)20)16-9-10/h5-6,9,11-13,17H,2-4,7-8H2,1H3,(H,19,20). The van der Waals surface area contributed by atoms with Crippen LogP contribution in [0, 0.1) is 0 Å². The Bertz CT molecular complexity index is 474. The van der Waals surface area contributed by atoms with Crippen LogP contribution in [0.3, 0.4) is 0 Å². The Morgan fingerprint density at radius 1 is 1.35 bits per heavy atom. The van der Waals surface area contributed by atoms with Crippen molar-refractivity contribution >= 4 is 11.7 Å². The summed E-state index contributed by atoms with van der Waals surface area (Å²) in [7, 11) is 2.24. The van der Waals surface area contributed by atoms with Crippen LogP contribution in [-0.4, -0.2) is 46.1 Å². The van der Waals surface area contributed by atoms with E-state index < -0.39 is 5.97 Å². The first kappa shape index (κ1) is 13.4. The van der Waals surface area contributed by atoms with Gasteiger partial charge in [0.15, 0.2) is 0 Å². The van der Waals surface area contributed by atoms with Crippen LogP contribution in [0.5, 0.6) is 0 Å². The molecular formula is C15H21N3O2. The number of aromatic carboxylic acids is 1. The van der Waals surface area contributed by atoms with Crippen molar-refractivity contribution in [3.63, 3.8) is 0 Å². The lowest BCUT2D eigenvalue weighted by atomic mass is 9.82. The van der Waals surface area contributed by atoms with E-state index in [-0.39, 0.29) is 5.69 Å². The van der Waals surface area contributed by atoms with Crippen molar-refractivity contribution in [1.29, 1.82) is 0 Å². The molecule has 5 nitrogen and oxygen atoms in total. The van der Waals surface area contributed by atoms with E-state index in [1.807, 2.05) is 6.07 Å². The number of nitrogens with one attached hydrogen (secondary N) is 1. The molecule has 0 aliphatic carbocycles. The highest BCUT2D eigenvalue weighted by molar-refractivity contribution is 5.85. The van der Waals surface area contributed by atoms with Gasteiger partial charge >= 0.3 is 5.97 Å². The van der Waals surface area contributed by atoms with Crippen LogP contribution in [0.15, 0.2) is 18.3 Å². The molecule has 0 saturated carbocycles. The van der Waals surface area contributed by atoms with Gasteiger partial charge in [0.05, 0.1) is 11.9 Å². The molecule has 0 spiro atoms. The molecule has 1 aromatic rings. The summed E-state index contributed by atoms with van der Waals surface area (Å²) in [5.41, 5.74) is 1.01. The Morgan fingerprint density at radius 2 is 2.05 bits per heavy atom.